The van der Waals surface area contributed by atoms with E-state index in [1.807, 2.05) is 0 Å². The van der Waals surface area contributed by atoms with Crippen LogP contribution >= 0.6 is 0 Å². The molecule has 8 N–H and O–H groups in total. The topological polar surface area (TPSA) is 167 Å². The number of aliphatic carboxylic acids is 2. The summed E-state index contributed by atoms with van der Waals surface area (Å²) < 4.78 is 0. The lowest BCUT2D eigenvalue weighted by molar-refractivity contribution is -0.138. The van der Waals surface area contributed by atoms with E-state index in [0.29, 0.717) is 11.4 Å². The van der Waals surface area contributed by atoms with Gasteiger partial charge in [0.05, 0.1) is 0 Å². The van der Waals surface area contributed by atoms with Crippen LogP contribution in [0.5, 0.6) is 11.5 Å². The Kier molecular flexibility index (Phi) is 14.6. The highest BCUT2D eigenvalue weighted by atomic mass is 16.4. The Bertz CT molecular complexity index is 612. The molecule has 8 nitrogen and oxygen atoms in total. The van der Waals surface area contributed by atoms with E-state index < -0.39 is 11.9 Å². The Hall–Kier alpha value is -3.42. The number of rotatable bonds is 9. The molecule has 0 saturated carbocycles. The molecular weight excluding hydrogens is 388 g/mol. The van der Waals surface area contributed by atoms with Gasteiger partial charge in [0.2, 0.25) is 0 Å². The summed E-state index contributed by atoms with van der Waals surface area (Å²) in [5, 5.41) is 34.1. The smallest absolute Gasteiger partial charge is 0.303 e. The quantitative estimate of drug-likeness (QED) is 0.199. The number of carboxylic acid groups (broad SMARTS) is 2. The largest absolute Gasteiger partial charge is 0.508 e. The lowest BCUT2D eigenvalue weighted by Gasteiger charge is -1.98. The number of nitrogens with two attached hydrogens (primary N) is 2. The molecule has 0 amide bonds. The van der Waals surface area contributed by atoms with Gasteiger partial charge in [-0.1, -0.05) is 25.7 Å². The molecule has 2 aromatic carbocycles. The third kappa shape index (κ3) is 18.0. The van der Waals surface area contributed by atoms with Crippen molar-refractivity contribution in [3.8, 4) is 11.5 Å². The van der Waals surface area contributed by atoms with Crippen molar-refractivity contribution in [1.29, 1.82) is 0 Å². The SMILES string of the molecule is Nc1ccc(O)cc1.Nc1ccc(O)cc1.O=C(O)CCCCCCCCC(=O)O. The van der Waals surface area contributed by atoms with E-state index in [4.69, 9.17) is 31.9 Å². The predicted molar refractivity (Wildman–Crippen MR) is 117 cm³/mol. The second-order valence-electron chi connectivity index (χ2n) is 6.59. The van der Waals surface area contributed by atoms with E-state index in [0.717, 1.165) is 38.5 Å². The minimum Gasteiger partial charge on any atom is -0.508 e. The van der Waals surface area contributed by atoms with E-state index in [9.17, 15) is 9.59 Å². The van der Waals surface area contributed by atoms with Gasteiger partial charge in [0.15, 0.2) is 0 Å². The van der Waals surface area contributed by atoms with Gasteiger partial charge in [-0.15, -0.1) is 0 Å². The highest BCUT2D eigenvalue weighted by Gasteiger charge is 1.98. The molecule has 0 aromatic heterocycles. The lowest BCUT2D eigenvalue weighted by atomic mass is 10.1. The monoisotopic (exact) mass is 420 g/mol. The van der Waals surface area contributed by atoms with Crippen molar-refractivity contribution in [2.45, 2.75) is 51.4 Å². The number of carboxylic acids is 2. The molecule has 0 bridgehead atoms. The number of unbranched alkanes of at least 4 members (excludes halogenated alkanes) is 5. The molecule has 0 aliphatic heterocycles. The van der Waals surface area contributed by atoms with Crippen LogP contribution in [0.3, 0.4) is 0 Å². The number of hydrogen-bond donors (Lipinski definition) is 6. The third-order valence-corrected chi connectivity index (χ3v) is 3.82. The maximum Gasteiger partial charge on any atom is 0.303 e. The summed E-state index contributed by atoms with van der Waals surface area (Å²) in [6.07, 6.45) is 5.82. The van der Waals surface area contributed by atoms with Gasteiger partial charge in [0.1, 0.15) is 11.5 Å². The fraction of sp³-hybridized carbons (Fsp3) is 0.364. The molecule has 0 aliphatic carbocycles. The fourth-order valence-electron chi connectivity index (χ4n) is 2.21. The molecule has 0 heterocycles. The molecule has 0 atom stereocenters. The number of phenols is 2. The molecule has 2 aromatic rings. The average molecular weight is 421 g/mol. The van der Waals surface area contributed by atoms with Gasteiger partial charge in [-0.25, -0.2) is 0 Å². The van der Waals surface area contributed by atoms with E-state index in [1.165, 1.54) is 0 Å². The Morgan fingerprint density at radius 2 is 0.833 bits per heavy atom. The van der Waals surface area contributed by atoms with Crippen molar-refractivity contribution in [3.05, 3.63) is 48.5 Å². The lowest BCUT2D eigenvalue weighted by Crippen LogP contribution is -1.94. The summed E-state index contributed by atoms with van der Waals surface area (Å²) in [5.74, 6) is -0.981. The van der Waals surface area contributed by atoms with Crippen LogP contribution in [0, 0.1) is 0 Å². The van der Waals surface area contributed by atoms with E-state index in [1.54, 1.807) is 48.5 Å². The van der Waals surface area contributed by atoms with E-state index >= 15 is 0 Å². The highest BCUT2D eigenvalue weighted by molar-refractivity contribution is 5.66. The summed E-state index contributed by atoms with van der Waals surface area (Å²) in [7, 11) is 0. The number of aromatic hydroxyl groups is 2. The number of benzene rings is 2. The first-order valence-electron chi connectivity index (χ1n) is 9.73. The second kappa shape index (κ2) is 16.5. The van der Waals surface area contributed by atoms with E-state index in [2.05, 4.69) is 0 Å². The van der Waals surface area contributed by atoms with Gasteiger partial charge < -0.3 is 31.9 Å². The Morgan fingerprint density at radius 1 is 0.567 bits per heavy atom. The molecule has 30 heavy (non-hydrogen) atoms. The van der Waals surface area contributed by atoms with Crippen LogP contribution in [0.15, 0.2) is 48.5 Å². The van der Waals surface area contributed by atoms with Gasteiger partial charge in [-0.2, -0.15) is 0 Å². The normalized spacial score (nSPS) is 9.47. The maximum absolute atomic E-state index is 10.1. The number of hydrogen-bond acceptors (Lipinski definition) is 6. The first kappa shape index (κ1) is 26.6. The van der Waals surface area contributed by atoms with Crippen LogP contribution in [0.25, 0.3) is 0 Å². The number of anilines is 2. The van der Waals surface area contributed by atoms with Gasteiger partial charge in [0.25, 0.3) is 0 Å². The van der Waals surface area contributed by atoms with Crippen molar-refractivity contribution >= 4 is 23.3 Å². The van der Waals surface area contributed by atoms with E-state index in [-0.39, 0.29) is 24.3 Å². The molecule has 0 aliphatic rings. The first-order valence-corrected chi connectivity index (χ1v) is 9.73. The zero-order valence-corrected chi connectivity index (χ0v) is 17.0. The zero-order chi connectivity index (χ0) is 22.8. The number of phenolic OH excluding ortho intramolecular Hbond substituents is 2. The molecule has 0 unspecified atom stereocenters. The molecule has 8 heteroatoms. The van der Waals surface area contributed by atoms with Gasteiger partial charge in [-0.05, 0) is 61.4 Å². The molecular formula is C22H32N2O6. The van der Waals surface area contributed by atoms with Crippen LogP contribution in [0.2, 0.25) is 0 Å². The molecule has 0 saturated heterocycles. The van der Waals surface area contributed by atoms with Gasteiger partial charge in [0, 0.05) is 24.2 Å². The molecule has 2 rings (SSSR count). The summed E-state index contributed by atoms with van der Waals surface area (Å²) in [4.78, 5) is 20.3. The van der Waals surface area contributed by atoms with Crippen LogP contribution in [-0.2, 0) is 9.59 Å². The summed E-state index contributed by atoms with van der Waals surface area (Å²) in [5.41, 5.74) is 12.0. The summed E-state index contributed by atoms with van der Waals surface area (Å²) in [6, 6.07) is 12.8. The Morgan fingerprint density at radius 3 is 1.07 bits per heavy atom. The number of nitrogen functional groups attached to an aromatic ring is 2. The van der Waals surface area contributed by atoms with Crippen molar-refractivity contribution in [2.24, 2.45) is 0 Å². The predicted octanol–water partition coefficient (Wildman–Crippen LogP) is 4.23. The van der Waals surface area contributed by atoms with Crippen LogP contribution in [-0.4, -0.2) is 32.4 Å². The minimum absolute atomic E-state index is 0.245. The second-order valence-corrected chi connectivity index (χ2v) is 6.59. The van der Waals surface area contributed by atoms with Crippen molar-refractivity contribution < 1.29 is 30.0 Å². The molecule has 0 spiro atoms. The zero-order valence-electron chi connectivity index (χ0n) is 17.0. The Balaban J connectivity index is 0.000000447. The third-order valence-electron chi connectivity index (χ3n) is 3.82. The highest BCUT2D eigenvalue weighted by Crippen LogP contribution is 2.10. The fourth-order valence-corrected chi connectivity index (χ4v) is 2.21. The minimum atomic E-state index is -0.740. The summed E-state index contributed by atoms with van der Waals surface area (Å²) in [6.45, 7) is 0. The van der Waals surface area contributed by atoms with Crippen LogP contribution in [0.1, 0.15) is 51.4 Å². The molecule has 166 valence electrons. The van der Waals surface area contributed by atoms with Crippen molar-refractivity contribution in [1.82, 2.24) is 0 Å². The first-order chi connectivity index (χ1) is 14.2. The molecule has 0 fully saturated rings. The standard InChI is InChI=1S/C10H18O4.2C6H7NO/c11-9(12)7-5-3-1-2-4-6-8-10(13)14;2*7-5-1-3-6(8)4-2-5/h1-8H2,(H,11,12)(H,13,14);2*1-4,8H,7H2. The van der Waals surface area contributed by atoms with Crippen LogP contribution in [0.4, 0.5) is 11.4 Å². The van der Waals surface area contributed by atoms with Gasteiger partial charge >= 0.3 is 11.9 Å². The van der Waals surface area contributed by atoms with Crippen LogP contribution < -0.4 is 11.5 Å². The maximum atomic E-state index is 10.1. The Labute approximate surface area is 176 Å². The van der Waals surface area contributed by atoms with Crippen molar-refractivity contribution in [3.63, 3.8) is 0 Å². The average Bonchev–Trinajstić information content (AvgIpc) is 2.69. The van der Waals surface area contributed by atoms with Crippen molar-refractivity contribution in [2.75, 3.05) is 11.5 Å². The van der Waals surface area contributed by atoms with Gasteiger partial charge in [-0.3, -0.25) is 9.59 Å². The number of carbonyl (C=O) groups is 2. The summed E-state index contributed by atoms with van der Waals surface area (Å²) >= 11 is 0. The molecule has 0 radical (unpaired) electrons.